The Morgan fingerprint density at radius 1 is 0.708 bits per heavy atom. The highest BCUT2D eigenvalue weighted by Crippen LogP contribution is 2.51. The highest BCUT2D eigenvalue weighted by atomic mass is 32.2. The second-order valence-electron chi connectivity index (χ2n) is 6.04. The lowest BCUT2D eigenvalue weighted by Crippen LogP contribution is -1.92. The van der Waals surface area contributed by atoms with Crippen molar-refractivity contribution in [2.45, 2.75) is 9.79 Å². The lowest BCUT2D eigenvalue weighted by molar-refractivity contribution is 1.40. The van der Waals surface area contributed by atoms with E-state index < -0.39 is 0 Å². The summed E-state index contributed by atoms with van der Waals surface area (Å²) in [6, 6.07) is 22.0. The number of pyridine rings is 1. The van der Waals surface area contributed by atoms with Gasteiger partial charge in [-0.3, -0.25) is 0 Å². The first kappa shape index (κ1) is 13.0. The van der Waals surface area contributed by atoms with Crippen molar-refractivity contribution in [1.29, 1.82) is 0 Å². The van der Waals surface area contributed by atoms with Gasteiger partial charge in [0.25, 0.3) is 0 Å². The Kier molecular flexibility index (Phi) is 2.49. The molecule has 1 nitrogen and oxygen atoms in total. The van der Waals surface area contributed by atoms with E-state index in [1.807, 2.05) is 24.0 Å². The van der Waals surface area contributed by atoms with Crippen molar-refractivity contribution in [3.8, 4) is 11.1 Å². The average Bonchev–Trinajstić information content (AvgIpc) is 3.01. The van der Waals surface area contributed by atoms with Gasteiger partial charge in [-0.1, -0.05) is 42.1 Å². The topological polar surface area (TPSA) is 12.9 Å². The van der Waals surface area contributed by atoms with E-state index in [0.29, 0.717) is 0 Å². The van der Waals surface area contributed by atoms with Crippen LogP contribution in [0.2, 0.25) is 0 Å². The van der Waals surface area contributed by atoms with Crippen molar-refractivity contribution in [2.75, 3.05) is 0 Å². The van der Waals surface area contributed by atoms with E-state index in [2.05, 4.69) is 59.6 Å². The molecule has 0 atom stereocenters. The highest BCUT2D eigenvalue weighted by molar-refractivity contribution is 7.99. The van der Waals surface area contributed by atoms with Crippen LogP contribution in [0.1, 0.15) is 0 Å². The summed E-state index contributed by atoms with van der Waals surface area (Å²) < 4.78 is 1.35. The quantitative estimate of drug-likeness (QED) is 0.304. The first-order chi connectivity index (χ1) is 11.9. The number of aromatic nitrogens is 1. The Bertz CT molecular complexity index is 1280. The van der Waals surface area contributed by atoms with Crippen molar-refractivity contribution < 1.29 is 0 Å². The van der Waals surface area contributed by atoms with E-state index in [1.165, 1.54) is 47.2 Å². The van der Waals surface area contributed by atoms with Gasteiger partial charge in [0.2, 0.25) is 0 Å². The Hall–Kier alpha value is -2.36. The van der Waals surface area contributed by atoms with E-state index in [-0.39, 0.29) is 0 Å². The molecule has 6 rings (SSSR count). The lowest BCUT2D eigenvalue weighted by Gasteiger charge is -2.20. The summed E-state index contributed by atoms with van der Waals surface area (Å²) in [5.74, 6) is 0. The second-order valence-corrected chi connectivity index (χ2v) is 8.12. The van der Waals surface area contributed by atoms with Crippen molar-refractivity contribution in [3.05, 3.63) is 66.9 Å². The molecule has 0 saturated carbocycles. The summed E-state index contributed by atoms with van der Waals surface area (Å²) in [4.78, 5) is 8.40. The minimum absolute atomic E-state index is 1.12. The van der Waals surface area contributed by atoms with Gasteiger partial charge in [0, 0.05) is 42.2 Å². The van der Waals surface area contributed by atoms with E-state index in [4.69, 9.17) is 0 Å². The third-order valence-corrected chi connectivity index (χ3v) is 7.03. The van der Waals surface area contributed by atoms with Crippen molar-refractivity contribution in [3.63, 3.8) is 0 Å². The normalized spacial score (nSPS) is 12.8. The molecule has 0 spiro atoms. The maximum absolute atomic E-state index is 4.58. The van der Waals surface area contributed by atoms with Gasteiger partial charge in [-0.25, -0.2) is 4.98 Å². The van der Waals surface area contributed by atoms with E-state index in [1.54, 1.807) is 11.3 Å². The van der Waals surface area contributed by atoms with Gasteiger partial charge >= 0.3 is 0 Å². The average molecular weight is 341 g/mol. The number of rotatable bonds is 0. The zero-order chi connectivity index (χ0) is 15.7. The molecular weight excluding hydrogens is 330 g/mol. The molecule has 1 aliphatic rings. The minimum Gasteiger partial charge on any atom is -0.245 e. The first-order valence-corrected chi connectivity index (χ1v) is 9.54. The zero-order valence-electron chi connectivity index (χ0n) is 12.6. The third-order valence-electron chi connectivity index (χ3n) is 4.73. The summed E-state index contributed by atoms with van der Waals surface area (Å²) in [5.41, 5.74) is 2.70. The molecule has 3 heteroatoms. The van der Waals surface area contributed by atoms with E-state index in [9.17, 15) is 0 Å². The van der Waals surface area contributed by atoms with Crippen LogP contribution in [0.3, 0.4) is 0 Å². The van der Waals surface area contributed by atoms with Gasteiger partial charge in [-0.15, -0.1) is 11.3 Å². The van der Waals surface area contributed by atoms with Gasteiger partial charge < -0.3 is 0 Å². The van der Waals surface area contributed by atoms with E-state index >= 15 is 0 Å². The molecule has 1 aliphatic heterocycles. The molecule has 0 bridgehead atoms. The van der Waals surface area contributed by atoms with Crippen LogP contribution >= 0.6 is 23.1 Å². The molecule has 0 radical (unpaired) electrons. The standard InChI is InChI=1S/C21H11NS2/c1-2-8-17-12(5-1)15-11-16-13-7-4-10-22-21(13)24-20(16)14-6-3-9-18(23-17)19(14)15/h1-11H. The van der Waals surface area contributed by atoms with Crippen LogP contribution in [0, 0.1) is 0 Å². The molecule has 0 fully saturated rings. The predicted octanol–water partition coefficient (Wildman–Crippen LogP) is 6.73. The van der Waals surface area contributed by atoms with Crippen LogP contribution in [0.5, 0.6) is 0 Å². The number of nitrogens with zero attached hydrogens (tertiary/aromatic N) is 1. The fourth-order valence-electron chi connectivity index (χ4n) is 3.70. The summed E-state index contributed by atoms with van der Waals surface area (Å²) in [5, 5.41) is 5.33. The summed E-state index contributed by atoms with van der Waals surface area (Å²) >= 11 is 3.68. The van der Waals surface area contributed by atoms with E-state index in [0.717, 1.165) is 4.83 Å². The fourth-order valence-corrected chi connectivity index (χ4v) is 6.00. The van der Waals surface area contributed by atoms with Gasteiger partial charge in [-0.05, 0) is 41.5 Å². The Morgan fingerprint density at radius 3 is 2.58 bits per heavy atom. The third kappa shape index (κ3) is 1.58. The SMILES string of the molecule is c1ccc2c(c1)Sc1cccc3c1c-2cc1c2cccnc2sc31. The largest absolute Gasteiger partial charge is 0.245 e. The first-order valence-electron chi connectivity index (χ1n) is 7.90. The molecule has 3 heterocycles. The minimum atomic E-state index is 1.12. The summed E-state index contributed by atoms with van der Waals surface area (Å²) in [7, 11) is 0. The number of benzene rings is 3. The number of fused-ring (bicyclic) bond motifs is 6. The molecule has 3 aromatic carbocycles. The molecule has 0 aliphatic carbocycles. The molecule has 0 unspecified atom stereocenters. The van der Waals surface area contributed by atoms with Crippen molar-refractivity contribution in [2.24, 2.45) is 0 Å². The number of thiophene rings is 1. The molecular formula is C21H11NS2. The number of hydrogen-bond donors (Lipinski definition) is 0. The fraction of sp³-hybridized carbons (Fsp3) is 0. The molecule has 0 saturated heterocycles. The maximum Gasteiger partial charge on any atom is 0.124 e. The molecule has 24 heavy (non-hydrogen) atoms. The lowest BCUT2D eigenvalue weighted by atomic mass is 9.95. The maximum atomic E-state index is 4.58. The Balaban J connectivity index is 1.91. The molecule has 0 N–H and O–H groups in total. The van der Waals surface area contributed by atoms with Gasteiger partial charge in [0.1, 0.15) is 4.83 Å². The smallest absolute Gasteiger partial charge is 0.124 e. The summed E-state index contributed by atoms with van der Waals surface area (Å²) in [6.45, 7) is 0. The van der Waals surface area contributed by atoms with Gasteiger partial charge in [-0.2, -0.15) is 0 Å². The van der Waals surface area contributed by atoms with Crippen LogP contribution in [0.25, 0.3) is 42.2 Å². The Morgan fingerprint density at radius 2 is 1.58 bits per heavy atom. The summed E-state index contributed by atoms with van der Waals surface area (Å²) in [6.07, 6.45) is 1.88. The van der Waals surface area contributed by atoms with Gasteiger partial charge in [0.15, 0.2) is 0 Å². The van der Waals surface area contributed by atoms with Crippen molar-refractivity contribution >= 4 is 54.2 Å². The van der Waals surface area contributed by atoms with Crippen LogP contribution in [-0.4, -0.2) is 4.98 Å². The van der Waals surface area contributed by atoms with Crippen LogP contribution < -0.4 is 0 Å². The number of hydrogen-bond acceptors (Lipinski definition) is 3. The monoisotopic (exact) mass is 341 g/mol. The second kappa shape index (κ2) is 4.59. The highest BCUT2D eigenvalue weighted by Gasteiger charge is 2.21. The Labute approximate surface area is 147 Å². The van der Waals surface area contributed by atoms with Crippen LogP contribution in [0.15, 0.2) is 76.7 Å². The van der Waals surface area contributed by atoms with Crippen molar-refractivity contribution in [1.82, 2.24) is 4.98 Å². The zero-order valence-corrected chi connectivity index (χ0v) is 14.2. The molecule has 112 valence electrons. The van der Waals surface area contributed by atoms with Crippen LogP contribution in [-0.2, 0) is 0 Å². The molecule has 5 aromatic rings. The predicted molar refractivity (Wildman–Crippen MR) is 104 cm³/mol. The molecule has 0 amide bonds. The van der Waals surface area contributed by atoms with Gasteiger partial charge in [0.05, 0.1) is 0 Å². The molecule has 2 aromatic heterocycles. The van der Waals surface area contributed by atoms with Crippen LogP contribution in [0.4, 0.5) is 0 Å².